The Balaban J connectivity index is 3.39. The van der Waals surface area contributed by atoms with Crippen molar-refractivity contribution in [3.63, 3.8) is 0 Å². The minimum atomic E-state index is -1.20. The number of hydrogen-bond acceptors (Lipinski definition) is 3. The zero-order valence-electron chi connectivity index (χ0n) is 7.21. The normalized spacial score (nSPS) is 9.64. The SMILES string of the molecule is COC(=O)c1c(F)ccc(C=O)c1F. The maximum absolute atomic E-state index is 13.2. The van der Waals surface area contributed by atoms with Crippen LogP contribution < -0.4 is 0 Å². The largest absolute Gasteiger partial charge is 0.465 e. The van der Waals surface area contributed by atoms with Gasteiger partial charge in [-0.15, -0.1) is 0 Å². The molecule has 0 aromatic heterocycles. The second-order valence-corrected chi connectivity index (χ2v) is 2.44. The van der Waals surface area contributed by atoms with Crippen LogP contribution in [0.1, 0.15) is 20.7 Å². The first kappa shape index (κ1) is 10.3. The molecule has 0 radical (unpaired) electrons. The highest BCUT2D eigenvalue weighted by atomic mass is 19.1. The summed E-state index contributed by atoms with van der Waals surface area (Å²) in [6.45, 7) is 0. The molecule has 0 spiro atoms. The molecule has 74 valence electrons. The third kappa shape index (κ3) is 1.61. The van der Waals surface area contributed by atoms with E-state index in [0.717, 1.165) is 19.2 Å². The van der Waals surface area contributed by atoms with Crippen LogP contribution in [-0.2, 0) is 4.74 Å². The zero-order valence-corrected chi connectivity index (χ0v) is 7.21. The Hall–Kier alpha value is -1.78. The van der Waals surface area contributed by atoms with Gasteiger partial charge in [0.25, 0.3) is 0 Å². The first-order valence-electron chi connectivity index (χ1n) is 3.63. The highest BCUT2D eigenvalue weighted by molar-refractivity contribution is 5.92. The molecule has 0 bridgehead atoms. The summed E-state index contributed by atoms with van der Waals surface area (Å²) in [5.74, 6) is -3.41. The quantitative estimate of drug-likeness (QED) is 0.537. The number of carbonyl (C=O) groups excluding carboxylic acids is 2. The summed E-state index contributed by atoms with van der Waals surface area (Å²) in [5, 5.41) is 0. The number of halogens is 2. The average Bonchev–Trinajstić information content (AvgIpc) is 2.18. The number of rotatable bonds is 2. The first-order valence-corrected chi connectivity index (χ1v) is 3.63. The second-order valence-electron chi connectivity index (χ2n) is 2.44. The zero-order chi connectivity index (χ0) is 10.7. The van der Waals surface area contributed by atoms with Crippen molar-refractivity contribution in [2.75, 3.05) is 7.11 Å². The Morgan fingerprint density at radius 3 is 2.57 bits per heavy atom. The summed E-state index contributed by atoms with van der Waals surface area (Å²) in [4.78, 5) is 21.2. The Morgan fingerprint density at radius 2 is 2.07 bits per heavy atom. The van der Waals surface area contributed by atoms with E-state index >= 15 is 0 Å². The Bertz CT molecular complexity index is 388. The Morgan fingerprint density at radius 1 is 1.43 bits per heavy atom. The number of esters is 1. The number of hydrogen-bond donors (Lipinski definition) is 0. The number of aldehydes is 1. The van der Waals surface area contributed by atoms with Gasteiger partial charge < -0.3 is 4.74 Å². The molecule has 0 aliphatic rings. The van der Waals surface area contributed by atoms with Gasteiger partial charge in [0.15, 0.2) is 12.1 Å². The summed E-state index contributed by atoms with van der Waals surface area (Å²) in [6, 6.07) is 1.78. The van der Waals surface area contributed by atoms with Gasteiger partial charge in [-0.25, -0.2) is 13.6 Å². The fraction of sp³-hybridized carbons (Fsp3) is 0.111. The fourth-order valence-corrected chi connectivity index (χ4v) is 0.949. The first-order chi connectivity index (χ1) is 6.61. The van der Waals surface area contributed by atoms with Crippen molar-refractivity contribution in [1.82, 2.24) is 0 Å². The topological polar surface area (TPSA) is 43.4 Å². The number of methoxy groups -OCH3 is 1. The van der Waals surface area contributed by atoms with E-state index in [9.17, 15) is 18.4 Å². The van der Waals surface area contributed by atoms with E-state index in [-0.39, 0.29) is 11.8 Å². The van der Waals surface area contributed by atoms with Crippen LogP contribution in [0.3, 0.4) is 0 Å². The second kappa shape index (κ2) is 3.95. The predicted octanol–water partition coefficient (Wildman–Crippen LogP) is 1.56. The summed E-state index contributed by atoms with van der Waals surface area (Å²) in [5.41, 5.74) is -1.23. The van der Waals surface area contributed by atoms with Crippen LogP contribution >= 0.6 is 0 Å². The molecule has 0 aliphatic heterocycles. The summed E-state index contributed by atoms with van der Waals surface area (Å²) >= 11 is 0. The van der Waals surface area contributed by atoms with E-state index in [1.807, 2.05) is 0 Å². The Labute approximate surface area is 78.3 Å². The molecule has 3 nitrogen and oxygen atoms in total. The third-order valence-electron chi connectivity index (χ3n) is 1.64. The van der Waals surface area contributed by atoms with Gasteiger partial charge in [-0.3, -0.25) is 4.79 Å². The van der Waals surface area contributed by atoms with Crippen molar-refractivity contribution >= 4 is 12.3 Å². The molecule has 0 aliphatic carbocycles. The lowest BCUT2D eigenvalue weighted by Crippen LogP contribution is -2.09. The van der Waals surface area contributed by atoms with Gasteiger partial charge >= 0.3 is 5.97 Å². The molecule has 0 unspecified atom stereocenters. The van der Waals surface area contributed by atoms with Gasteiger partial charge in [0.2, 0.25) is 0 Å². The summed E-state index contributed by atoms with van der Waals surface area (Å²) < 4.78 is 30.3. The molecule has 0 heterocycles. The van der Waals surface area contributed by atoms with Gasteiger partial charge in [-0.05, 0) is 12.1 Å². The van der Waals surface area contributed by atoms with E-state index < -0.39 is 23.2 Å². The average molecular weight is 200 g/mol. The smallest absolute Gasteiger partial charge is 0.343 e. The maximum Gasteiger partial charge on any atom is 0.343 e. The summed E-state index contributed by atoms with van der Waals surface area (Å²) in [7, 11) is 0.995. The highest BCUT2D eigenvalue weighted by Gasteiger charge is 2.20. The standard InChI is InChI=1S/C9H6F2O3/c1-14-9(13)7-6(10)3-2-5(4-12)8(7)11/h2-4H,1H3. The Kier molecular flexibility index (Phi) is 2.91. The lowest BCUT2D eigenvalue weighted by molar-refractivity contribution is 0.0590. The summed E-state index contributed by atoms with van der Waals surface area (Å²) in [6.07, 6.45) is 0.196. The van der Waals surface area contributed by atoms with Gasteiger partial charge in [0, 0.05) is 0 Å². The molecule has 0 saturated carbocycles. The van der Waals surface area contributed by atoms with E-state index in [2.05, 4.69) is 4.74 Å². The molecule has 0 saturated heterocycles. The van der Waals surface area contributed by atoms with Crippen molar-refractivity contribution in [3.8, 4) is 0 Å². The van der Waals surface area contributed by atoms with Gasteiger partial charge in [0.05, 0.1) is 12.7 Å². The third-order valence-corrected chi connectivity index (χ3v) is 1.64. The number of benzene rings is 1. The minimum Gasteiger partial charge on any atom is -0.465 e. The van der Waals surface area contributed by atoms with Crippen molar-refractivity contribution in [1.29, 1.82) is 0 Å². The predicted molar refractivity (Wildman–Crippen MR) is 43.1 cm³/mol. The van der Waals surface area contributed by atoms with Crippen LogP contribution in [0.5, 0.6) is 0 Å². The molecule has 0 amide bonds. The highest BCUT2D eigenvalue weighted by Crippen LogP contribution is 2.16. The van der Waals surface area contributed by atoms with Crippen molar-refractivity contribution < 1.29 is 23.1 Å². The van der Waals surface area contributed by atoms with E-state index in [4.69, 9.17) is 0 Å². The fourth-order valence-electron chi connectivity index (χ4n) is 0.949. The molecule has 5 heteroatoms. The molecule has 0 fully saturated rings. The van der Waals surface area contributed by atoms with Crippen LogP contribution in [0.4, 0.5) is 8.78 Å². The van der Waals surface area contributed by atoms with Crippen LogP contribution in [0, 0.1) is 11.6 Å². The van der Waals surface area contributed by atoms with Crippen molar-refractivity contribution in [2.24, 2.45) is 0 Å². The van der Waals surface area contributed by atoms with Crippen LogP contribution in [0.2, 0.25) is 0 Å². The minimum absolute atomic E-state index is 0.196. The van der Waals surface area contributed by atoms with Crippen molar-refractivity contribution in [3.05, 3.63) is 34.9 Å². The van der Waals surface area contributed by atoms with Crippen LogP contribution in [0.25, 0.3) is 0 Å². The van der Waals surface area contributed by atoms with Crippen LogP contribution in [0.15, 0.2) is 12.1 Å². The molecule has 1 aromatic rings. The van der Waals surface area contributed by atoms with Crippen LogP contribution in [-0.4, -0.2) is 19.4 Å². The number of ether oxygens (including phenoxy) is 1. The monoisotopic (exact) mass is 200 g/mol. The van der Waals surface area contributed by atoms with Gasteiger partial charge in [0.1, 0.15) is 11.4 Å². The molecule has 0 N–H and O–H groups in total. The van der Waals surface area contributed by atoms with Gasteiger partial charge in [-0.1, -0.05) is 0 Å². The molecule has 14 heavy (non-hydrogen) atoms. The van der Waals surface area contributed by atoms with Gasteiger partial charge in [-0.2, -0.15) is 0 Å². The lowest BCUT2D eigenvalue weighted by atomic mass is 10.1. The molecule has 1 rings (SSSR count). The lowest BCUT2D eigenvalue weighted by Gasteiger charge is -2.03. The molecular weight excluding hydrogens is 194 g/mol. The maximum atomic E-state index is 13.2. The molecule has 1 aromatic carbocycles. The molecular formula is C9H6F2O3. The van der Waals surface area contributed by atoms with E-state index in [1.165, 1.54) is 0 Å². The number of carbonyl (C=O) groups is 2. The molecule has 0 atom stereocenters. The van der Waals surface area contributed by atoms with Crippen molar-refractivity contribution in [2.45, 2.75) is 0 Å². The van der Waals surface area contributed by atoms with E-state index in [0.29, 0.717) is 0 Å². The van der Waals surface area contributed by atoms with E-state index in [1.54, 1.807) is 0 Å².